The quantitative estimate of drug-likeness (QED) is 0.861. The maximum absolute atomic E-state index is 12.3. The summed E-state index contributed by atoms with van der Waals surface area (Å²) < 4.78 is 28.3. The molecule has 20 heavy (non-hydrogen) atoms. The maximum atomic E-state index is 12.3. The van der Waals surface area contributed by atoms with E-state index in [1.54, 1.807) is 13.0 Å². The Hall–Kier alpha value is -1.83. The number of carboxylic acid groups (broad SMARTS) is 1. The van der Waals surface area contributed by atoms with Crippen molar-refractivity contribution in [1.82, 2.24) is 4.90 Å². The zero-order chi connectivity index (χ0) is 14.9. The van der Waals surface area contributed by atoms with E-state index in [0.29, 0.717) is 11.3 Å². The molecule has 1 saturated heterocycles. The van der Waals surface area contributed by atoms with Crippen molar-refractivity contribution in [2.24, 2.45) is 0 Å². The molecule has 0 aliphatic carbocycles. The summed E-state index contributed by atoms with van der Waals surface area (Å²) >= 11 is 0. The number of nitrogens with zero attached hydrogens (tertiary/aromatic N) is 1. The molecule has 1 fully saturated rings. The summed E-state index contributed by atoms with van der Waals surface area (Å²) in [5.74, 6) is -1.43. The van der Waals surface area contributed by atoms with Crippen LogP contribution in [-0.4, -0.2) is 54.4 Å². The summed E-state index contributed by atoms with van der Waals surface area (Å²) in [6.45, 7) is 1.69. The van der Waals surface area contributed by atoms with Gasteiger partial charge in [-0.25, -0.2) is 8.42 Å². The van der Waals surface area contributed by atoms with E-state index in [2.05, 4.69) is 0 Å². The predicted molar refractivity (Wildman–Crippen MR) is 69.2 cm³/mol. The fraction of sp³-hybridized carbons (Fsp3) is 0.500. The fourth-order valence-electron chi connectivity index (χ4n) is 2.25. The molecular weight excluding hydrogens is 286 g/mol. The first-order chi connectivity index (χ1) is 9.28. The molecule has 0 radical (unpaired) electrons. The van der Waals surface area contributed by atoms with Crippen molar-refractivity contribution < 1.29 is 27.5 Å². The molecule has 1 aromatic rings. The van der Waals surface area contributed by atoms with Crippen molar-refractivity contribution in [3.63, 3.8) is 0 Å². The molecule has 0 bridgehead atoms. The van der Waals surface area contributed by atoms with Gasteiger partial charge in [-0.1, -0.05) is 0 Å². The molecule has 2 rings (SSSR count). The number of aryl methyl sites for hydroxylation is 1. The summed E-state index contributed by atoms with van der Waals surface area (Å²) in [5, 5.41) is 8.86. The van der Waals surface area contributed by atoms with Crippen LogP contribution in [0.3, 0.4) is 0 Å². The average molecular weight is 301 g/mol. The van der Waals surface area contributed by atoms with Crippen LogP contribution in [0.1, 0.15) is 22.5 Å². The molecular formula is C12H15NO6S. The number of hydrogen-bond acceptors (Lipinski definition) is 5. The van der Waals surface area contributed by atoms with E-state index in [1.807, 2.05) is 0 Å². The van der Waals surface area contributed by atoms with Crippen molar-refractivity contribution in [2.75, 3.05) is 18.1 Å². The Morgan fingerprint density at radius 1 is 1.50 bits per heavy atom. The van der Waals surface area contributed by atoms with Gasteiger partial charge in [-0.3, -0.25) is 9.59 Å². The highest BCUT2D eigenvalue weighted by Crippen LogP contribution is 2.19. The van der Waals surface area contributed by atoms with E-state index in [4.69, 9.17) is 9.52 Å². The third-order valence-corrected chi connectivity index (χ3v) is 4.88. The standard InChI is InChI=1S/C12H15NO6S/c1-8-4-9(6-19-8)12(16)13-2-3-20(17,18)7-10(13)5-11(14)15/h4,6,10H,2-3,5,7H2,1H3,(H,14,15). The second kappa shape index (κ2) is 5.28. The topological polar surface area (TPSA) is 105 Å². The molecule has 1 unspecified atom stereocenters. The number of hydrogen-bond donors (Lipinski definition) is 1. The first kappa shape index (κ1) is 14.6. The second-order valence-corrected chi connectivity index (χ2v) is 7.04. The molecule has 0 saturated carbocycles. The highest BCUT2D eigenvalue weighted by Gasteiger charge is 2.36. The summed E-state index contributed by atoms with van der Waals surface area (Å²) in [5.41, 5.74) is 0.303. The van der Waals surface area contributed by atoms with Crippen molar-refractivity contribution in [3.8, 4) is 0 Å². The smallest absolute Gasteiger partial charge is 0.305 e. The van der Waals surface area contributed by atoms with E-state index in [0.717, 1.165) is 0 Å². The summed E-state index contributed by atoms with van der Waals surface area (Å²) in [6.07, 6.45) is 0.903. The minimum Gasteiger partial charge on any atom is -0.481 e. The average Bonchev–Trinajstić information content (AvgIpc) is 2.73. The molecule has 110 valence electrons. The third kappa shape index (κ3) is 3.19. The van der Waals surface area contributed by atoms with Crippen LogP contribution in [0.2, 0.25) is 0 Å². The Kier molecular flexibility index (Phi) is 3.85. The third-order valence-electron chi connectivity index (χ3n) is 3.18. The van der Waals surface area contributed by atoms with Crippen LogP contribution < -0.4 is 0 Å². The first-order valence-electron chi connectivity index (χ1n) is 6.07. The Morgan fingerprint density at radius 2 is 2.20 bits per heavy atom. The molecule has 1 aromatic heterocycles. The monoisotopic (exact) mass is 301 g/mol. The minimum absolute atomic E-state index is 0.00331. The molecule has 1 aliphatic rings. The van der Waals surface area contributed by atoms with Crippen LogP contribution >= 0.6 is 0 Å². The number of amides is 1. The van der Waals surface area contributed by atoms with Crippen LogP contribution in [-0.2, 0) is 14.6 Å². The molecule has 8 heteroatoms. The van der Waals surface area contributed by atoms with Gasteiger partial charge in [0.15, 0.2) is 9.84 Å². The Bertz CT molecular complexity index is 632. The lowest BCUT2D eigenvalue weighted by Gasteiger charge is -2.34. The van der Waals surface area contributed by atoms with Gasteiger partial charge in [0, 0.05) is 6.54 Å². The van der Waals surface area contributed by atoms with E-state index in [9.17, 15) is 18.0 Å². The highest BCUT2D eigenvalue weighted by molar-refractivity contribution is 7.91. The van der Waals surface area contributed by atoms with Gasteiger partial charge < -0.3 is 14.4 Å². The van der Waals surface area contributed by atoms with Crippen LogP contribution in [0, 0.1) is 6.92 Å². The number of furan rings is 1. The lowest BCUT2D eigenvalue weighted by atomic mass is 10.1. The molecule has 1 N–H and O–H groups in total. The van der Waals surface area contributed by atoms with E-state index >= 15 is 0 Å². The molecule has 1 aliphatic heterocycles. The van der Waals surface area contributed by atoms with Gasteiger partial charge in [0.1, 0.15) is 12.0 Å². The van der Waals surface area contributed by atoms with Gasteiger partial charge in [-0.05, 0) is 13.0 Å². The van der Waals surface area contributed by atoms with Gasteiger partial charge >= 0.3 is 5.97 Å². The van der Waals surface area contributed by atoms with E-state index < -0.39 is 27.8 Å². The molecule has 0 spiro atoms. The van der Waals surface area contributed by atoms with Gasteiger partial charge in [0.25, 0.3) is 5.91 Å². The van der Waals surface area contributed by atoms with E-state index in [1.165, 1.54) is 11.2 Å². The number of rotatable bonds is 3. The lowest BCUT2D eigenvalue weighted by molar-refractivity contribution is -0.138. The van der Waals surface area contributed by atoms with Crippen molar-refractivity contribution >= 4 is 21.7 Å². The normalized spacial score (nSPS) is 21.6. The number of carbonyl (C=O) groups excluding carboxylic acids is 1. The lowest BCUT2D eigenvalue weighted by Crippen LogP contribution is -2.51. The van der Waals surface area contributed by atoms with Crippen LogP contribution in [0.15, 0.2) is 16.7 Å². The summed E-state index contributed by atoms with van der Waals surface area (Å²) in [6, 6.07) is 0.706. The Morgan fingerprint density at radius 3 is 2.75 bits per heavy atom. The SMILES string of the molecule is Cc1cc(C(=O)N2CCS(=O)(=O)CC2CC(=O)O)co1. The summed E-state index contributed by atoms with van der Waals surface area (Å²) in [7, 11) is -3.30. The van der Waals surface area contributed by atoms with Crippen LogP contribution in [0.4, 0.5) is 0 Å². The first-order valence-corrected chi connectivity index (χ1v) is 7.89. The molecule has 1 atom stereocenters. The summed E-state index contributed by atoms with van der Waals surface area (Å²) in [4.78, 5) is 24.4. The van der Waals surface area contributed by atoms with E-state index in [-0.39, 0.29) is 24.5 Å². The number of sulfone groups is 1. The minimum atomic E-state index is -3.30. The largest absolute Gasteiger partial charge is 0.481 e. The van der Waals surface area contributed by atoms with Gasteiger partial charge in [0.2, 0.25) is 0 Å². The van der Waals surface area contributed by atoms with Crippen LogP contribution in [0.5, 0.6) is 0 Å². The fourth-order valence-corrected chi connectivity index (χ4v) is 3.77. The zero-order valence-corrected chi connectivity index (χ0v) is 11.7. The number of carbonyl (C=O) groups is 2. The molecule has 0 aromatic carbocycles. The van der Waals surface area contributed by atoms with Crippen LogP contribution in [0.25, 0.3) is 0 Å². The van der Waals surface area contributed by atoms with Crippen molar-refractivity contribution in [3.05, 3.63) is 23.7 Å². The highest BCUT2D eigenvalue weighted by atomic mass is 32.2. The molecule has 2 heterocycles. The molecule has 7 nitrogen and oxygen atoms in total. The second-order valence-electron chi connectivity index (χ2n) is 4.81. The number of aliphatic carboxylic acids is 1. The number of carboxylic acids is 1. The van der Waals surface area contributed by atoms with Crippen molar-refractivity contribution in [1.29, 1.82) is 0 Å². The Labute approximate surface area is 116 Å². The van der Waals surface area contributed by atoms with Gasteiger partial charge in [-0.2, -0.15) is 0 Å². The zero-order valence-electron chi connectivity index (χ0n) is 10.9. The maximum Gasteiger partial charge on any atom is 0.305 e. The predicted octanol–water partition coefficient (Wildman–Crippen LogP) is 0.302. The van der Waals surface area contributed by atoms with Gasteiger partial charge in [0.05, 0.1) is 29.5 Å². The Balaban J connectivity index is 2.23. The van der Waals surface area contributed by atoms with Gasteiger partial charge in [-0.15, -0.1) is 0 Å². The van der Waals surface area contributed by atoms with Crippen molar-refractivity contribution in [2.45, 2.75) is 19.4 Å². The molecule has 1 amide bonds.